The monoisotopic (exact) mass is 326 g/mol. The maximum Gasteiger partial charge on any atom is 0.573 e. The summed E-state index contributed by atoms with van der Waals surface area (Å²) in [5, 5.41) is 0. The van der Waals surface area contributed by atoms with Crippen LogP contribution in [0, 0.1) is 0 Å². The van der Waals surface area contributed by atoms with Gasteiger partial charge in [-0.15, -0.1) is 13.2 Å². The Labute approximate surface area is 110 Å². The summed E-state index contributed by atoms with van der Waals surface area (Å²) in [5.74, 6) is -0.887. The highest BCUT2D eigenvalue weighted by molar-refractivity contribution is 9.10. The number of hydrogen-bond acceptors (Lipinski definition) is 3. The van der Waals surface area contributed by atoms with Crippen LogP contribution in [0.1, 0.15) is 17.3 Å². The van der Waals surface area contributed by atoms with Crippen LogP contribution in [0.3, 0.4) is 0 Å². The summed E-state index contributed by atoms with van der Waals surface area (Å²) in [6, 6.07) is 3.51. The van der Waals surface area contributed by atoms with Gasteiger partial charge >= 0.3 is 6.36 Å². The van der Waals surface area contributed by atoms with E-state index in [2.05, 4.69) is 20.7 Å². The molecule has 0 N–H and O–H groups in total. The average molecular weight is 327 g/mol. The van der Waals surface area contributed by atoms with E-state index in [0.29, 0.717) is 0 Å². The molecule has 0 fully saturated rings. The van der Waals surface area contributed by atoms with Gasteiger partial charge in [-0.3, -0.25) is 4.79 Å². The van der Waals surface area contributed by atoms with Crippen molar-refractivity contribution >= 4 is 21.7 Å². The minimum atomic E-state index is -4.80. The average Bonchev–Trinajstić information content (AvgIpc) is 2.26. The highest BCUT2D eigenvalue weighted by Gasteiger charge is 2.32. The molecule has 0 aliphatic carbocycles. The van der Waals surface area contributed by atoms with Crippen molar-refractivity contribution in [3.05, 3.63) is 23.8 Å². The Bertz CT molecular complexity index is 444. The third kappa shape index (κ3) is 3.90. The minimum absolute atomic E-state index is 0.147. The third-order valence-electron chi connectivity index (χ3n) is 2.04. The summed E-state index contributed by atoms with van der Waals surface area (Å²) in [4.78, 5) is 11.2. The van der Waals surface area contributed by atoms with Crippen molar-refractivity contribution < 1.29 is 27.4 Å². The predicted octanol–water partition coefficient (Wildman–Crippen LogP) is 3.56. The summed E-state index contributed by atoms with van der Waals surface area (Å²) in [5.41, 5.74) is 0.241. The van der Waals surface area contributed by atoms with Gasteiger partial charge in [-0.05, 0) is 25.1 Å². The molecule has 7 heteroatoms. The maximum absolute atomic E-state index is 12.1. The number of alkyl halides is 4. The summed E-state index contributed by atoms with van der Waals surface area (Å²) >= 11 is 3.09. The number of benzene rings is 1. The van der Waals surface area contributed by atoms with Crippen LogP contribution in [0.2, 0.25) is 0 Å². The second-order valence-electron chi connectivity index (χ2n) is 3.39. The predicted molar refractivity (Wildman–Crippen MR) is 62.4 cm³/mol. The molecule has 0 heterocycles. The Hall–Kier alpha value is -1.24. The number of halogens is 4. The lowest BCUT2D eigenvalue weighted by atomic mass is 10.1. The van der Waals surface area contributed by atoms with Crippen molar-refractivity contribution in [2.24, 2.45) is 0 Å². The highest BCUT2D eigenvalue weighted by Crippen LogP contribution is 2.33. The van der Waals surface area contributed by atoms with Gasteiger partial charge in [0.2, 0.25) is 0 Å². The summed E-state index contributed by atoms with van der Waals surface area (Å²) in [7, 11) is 1.20. The van der Waals surface area contributed by atoms with Crippen LogP contribution in [0.4, 0.5) is 13.2 Å². The molecule has 1 aromatic rings. The summed E-state index contributed by atoms with van der Waals surface area (Å²) in [6.07, 6.45) is -4.80. The number of ether oxygens (including phenoxy) is 2. The standard InChI is InChI=1S/C11H10BrF3O3/c1-6(12)10(16)7-3-4-8(9(5-7)17-2)18-11(13,14)15/h3-6H,1-2H3. The van der Waals surface area contributed by atoms with Gasteiger partial charge in [0.25, 0.3) is 0 Å². The van der Waals surface area contributed by atoms with Crippen molar-refractivity contribution in [3.8, 4) is 11.5 Å². The molecule has 0 saturated carbocycles. The molecule has 1 unspecified atom stereocenters. The van der Waals surface area contributed by atoms with Gasteiger partial charge in [0.1, 0.15) is 0 Å². The SMILES string of the molecule is COc1cc(C(=O)C(C)Br)ccc1OC(F)(F)F. The molecule has 3 nitrogen and oxygen atoms in total. The third-order valence-corrected chi connectivity index (χ3v) is 2.45. The normalized spacial score (nSPS) is 13.0. The number of Topliss-reactive ketones (excluding diaryl/α,β-unsaturated/α-hetero) is 1. The first-order chi connectivity index (χ1) is 8.24. The van der Waals surface area contributed by atoms with E-state index in [1.165, 1.54) is 19.2 Å². The number of carbonyl (C=O) groups excluding carboxylic acids is 1. The molecule has 0 saturated heterocycles. The first-order valence-electron chi connectivity index (χ1n) is 4.86. The van der Waals surface area contributed by atoms with E-state index in [-0.39, 0.29) is 17.1 Å². The molecular weight excluding hydrogens is 317 g/mol. The van der Waals surface area contributed by atoms with E-state index < -0.39 is 16.9 Å². The van der Waals surface area contributed by atoms with Crippen LogP contribution in [-0.2, 0) is 0 Å². The lowest BCUT2D eigenvalue weighted by Crippen LogP contribution is -2.18. The fourth-order valence-corrected chi connectivity index (χ4v) is 1.52. The number of rotatable bonds is 4. The zero-order valence-electron chi connectivity index (χ0n) is 9.55. The van der Waals surface area contributed by atoms with E-state index in [1.54, 1.807) is 6.92 Å². The van der Waals surface area contributed by atoms with Crippen LogP contribution in [0.5, 0.6) is 11.5 Å². The highest BCUT2D eigenvalue weighted by atomic mass is 79.9. The van der Waals surface area contributed by atoms with E-state index in [1.807, 2.05) is 0 Å². The largest absolute Gasteiger partial charge is 0.573 e. The smallest absolute Gasteiger partial charge is 0.493 e. The van der Waals surface area contributed by atoms with Crippen LogP contribution < -0.4 is 9.47 Å². The van der Waals surface area contributed by atoms with E-state index in [9.17, 15) is 18.0 Å². The van der Waals surface area contributed by atoms with Gasteiger partial charge in [0.15, 0.2) is 17.3 Å². The van der Waals surface area contributed by atoms with Crippen molar-refractivity contribution in [1.29, 1.82) is 0 Å². The van der Waals surface area contributed by atoms with Crippen molar-refractivity contribution in [1.82, 2.24) is 0 Å². The van der Waals surface area contributed by atoms with Crippen molar-refractivity contribution in [3.63, 3.8) is 0 Å². The number of carbonyl (C=O) groups is 1. The Morgan fingerprint density at radius 3 is 2.39 bits per heavy atom. The molecule has 0 radical (unpaired) electrons. The van der Waals surface area contributed by atoms with E-state index >= 15 is 0 Å². The maximum atomic E-state index is 12.1. The molecule has 0 aliphatic rings. The zero-order valence-corrected chi connectivity index (χ0v) is 11.1. The number of hydrogen-bond donors (Lipinski definition) is 0. The fraction of sp³-hybridized carbons (Fsp3) is 0.364. The van der Waals surface area contributed by atoms with Gasteiger partial charge in [0, 0.05) is 5.56 Å². The number of methoxy groups -OCH3 is 1. The molecule has 0 aliphatic heterocycles. The first kappa shape index (κ1) is 14.8. The second kappa shape index (κ2) is 5.60. The number of ketones is 1. The van der Waals surface area contributed by atoms with Crippen LogP contribution in [0.25, 0.3) is 0 Å². The van der Waals surface area contributed by atoms with Crippen LogP contribution in [-0.4, -0.2) is 24.1 Å². The lowest BCUT2D eigenvalue weighted by Gasteiger charge is -2.13. The Morgan fingerprint density at radius 1 is 1.33 bits per heavy atom. The van der Waals surface area contributed by atoms with Gasteiger partial charge in [-0.25, -0.2) is 0 Å². The topological polar surface area (TPSA) is 35.5 Å². The van der Waals surface area contributed by atoms with Gasteiger partial charge in [-0.1, -0.05) is 15.9 Å². The minimum Gasteiger partial charge on any atom is -0.493 e. The molecule has 1 atom stereocenters. The molecule has 0 spiro atoms. The molecule has 0 amide bonds. The molecule has 100 valence electrons. The van der Waals surface area contributed by atoms with Gasteiger partial charge in [0.05, 0.1) is 11.9 Å². The quantitative estimate of drug-likeness (QED) is 0.627. The Balaban J connectivity index is 3.08. The molecule has 1 aromatic carbocycles. The second-order valence-corrected chi connectivity index (χ2v) is 4.77. The van der Waals surface area contributed by atoms with Crippen LogP contribution in [0.15, 0.2) is 18.2 Å². The Morgan fingerprint density at radius 2 is 1.94 bits per heavy atom. The van der Waals surface area contributed by atoms with Gasteiger partial charge in [-0.2, -0.15) is 0 Å². The van der Waals surface area contributed by atoms with Gasteiger partial charge < -0.3 is 9.47 Å². The lowest BCUT2D eigenvalue weighted by molar-refractivity contribution is -0.275. The van der Waals surface area contributed by atoms with E-state index in [4.69, 9.17) is 4.74 Å². The first-order valence-corrected chi connectivity index (χ1v) is 5.78. The Kier molecular flexibility index (Phi) is 4.61. The van der Waals surface area contributed by atoms with Crippen LogP contribution >= 0.6 is 15.9 Å². The van der Waals surface area contributed by atoms with E-state index in [0.717, 1.165) is 6.07 Å². The summed E-state index contributed by atoms with van der Waals surface area (Å²) in [6.45, 7) is 1.62. The van der Waals surface area contributed by atoms with Crippen molar-refractivity contribution in [2.45, 2.75) is 18.1 Å². The molecule has 1 rings (SSSR count). The molecule has 0 bridgehead atoms. The van der Waals surface area contributed by atoms with Crippen molar-refractivity contribution in [2.75, 3.05) is 7.11 Å². The zero-order chi connectivity index (χ0) is 13.9. The molecule has 18 heavy (non-hydrogen) atoms. The molecule has 0 aromatic heterocycles. The fourth-order valence-electron chi connectivity index (χ4n) is 1.26. The molecular formula is C11H10BrF3O3. The summed E-state index contributed by atoms with van der Waals surface area (Å²) < 4.78 is 44.8.